The first kappa shape index (κ1) is 12.6. The number of halogens is 1. The van der Waals surface area contributed by atoms with Crippen LogP contribution in [0.1, 0.15) is 4.88 Å². The van der Waals surface area contributed by atoms with Gasteiger partial charge in [-0.3, -0.25) is 9.36 Å². The Hall–Kier alpha value is -1.46. The third-order valence-electron chi connectivity index (χ3n) is 2.97. The normalized spacial score (nSPS) is 11.0. The highest BCUT2D eigenvalue weighted by Gasteiger charge is 2.04. The predicted molar refractivity (Wildman–Crippen MR) is 81.7 cm³/mol. The van der Waals surface area contributed by atoms with Gasteiger partial charge in [0.25, 0.3) is 5.56 Å². The summed E-state index contributed by atoms with van der Waals surface area (Å²) in [5.74, 6) is 0. The maximum Gasteiger partial charge on any atom is 0.261 e. The summed E-state index contributed by atoms with van der Waals surface area (Å²) in [5, 5.41) is 2.71. The second-order valence-corrected chi connectivity index (χ2v) is 6.18. The van der Waals surface area contributed by atoms with Gasteiger partial charge in [0.15, 0.2) is 0 Å². The molecule has 5 heteroatoms. The van der Waals surface area contributed by atoms with Crippen molar-refractivity contribution in [2.24, 2.45) is 0 Å². The predicted octanol–water partition coefficient (Wildman–Crippen LogP) is 3.46. The second-order valence-electron chi connectivity index (χ2n) is 4.23. The fraction of sp³-hybridized carbons (Fsp3) is 0.143. The Labute approximate surface area is 122 Å². The van der Waals surface area contributed by atoms with E-state index in [2.05, 4.69) is 27.0 Å². The smallest absolute Gasteiger partial charge is 0.261 e. The Morgan fingerprint density at radius 1 is 1.32 bits per heavy atom. The summed E-state index contributed by atoms with van der Waals surface area (Å²) in [6.45, 7) is 0.665. The summed E-state index contributed by atoms with van der Waals surface area (Å²) >= 11 is 5.10. The molecule has 0 unspecified atom stereocenters. The SMILES string of the molecule is O=c1c2ccc(Br)cc2ncn1CCc1cccs1. The van der Waals surface area contributed by atoms with Crippen molar-refractivity contribution in [3.05, 3.63) is 61.7 Å². The Kier molecular flexibility index (Phi) is 3.48. The number of benzene rings is 1. The van der Waals surface area contributed by atoms with E-state index < -0.39 is 0 Å². The zero-order chi connectivity index (χ0) is 13.2. The third-order valence-corrected chi connectivity index (χ3v) is 4.40. The number of hydrogen-bond acceptors (Lipinski definition) is 3. The second kappa shape index (κ2) is 5.27. The molecule has 0 amide bonds. The van der Waals surface area contributed by atoms with Gasteiger partial charge in [-0.1, -0.05) is 22.0 Å². The van der Waals surface area contributed by atoms with Crippen LogP contribution in [0.15, 0.2) is 51.3 Å². The van der Waals surface area contributed by atoms with Crippen LogP contribution in [0.4, 0.5) is 0 Å². The van der Waals surface area contributed by atoms with Gasteiger partial charge in [-0.15, -0.1) is 11.3 Å². The molecule has 3 nitrogen and oxygen atoms in total. The van der Waals surface area contributed by atoms with Gasteiger partial charge < -0.3 is 0 Å². The van der Waals surface area contributed by atoms with Crippen LogP contribution in [-0.4, -0.2) is 9.55 Å². The maximum absolute atomic E-state index is 12.3. The number of hydrogen-bond donors (Lipinski definition) is 0. The molecule has 0 saturated carbocycles. The maximum atomic E-state index is 12.3. The van der Waals surface area contributed by atoms with E-state index in [-0.39, 0.29) is 5.56 Å². The molecule has 1 aromatic carbocycles. The highest BCUT2D eigenvalue weighted by atomic mass is 79.9. The van der Waals surface area contributed by atoms with E-state index in [0.717, 1.165) is 16.4 Å². The zero-order valence-electron chi connectivity index (χ0n) is 10.0. The van der Waals surface area contributed by atoms with E-state index in [1.807, 2.05) is 29.6 Å². The topological polar surface area (TPSA) is 34.9 Å². The van der Waals surface area contributed by atoms with Crippen LogP contribution in [0.5, 0.6) is 0 Å². The van der Waals surface area contributed by atoms with Gasteiger partial charge in [0, 0.05) is 15.9 Å². The number of thiophene rings is 1. The van der Waals surface area contributed by atoms with Crippen LogP contribution < -0.4 is 5.56 Å². The van der Waals surface area contributed by atoms with Crippen LogP contribution in [0.2, 0.25) is 0 Å². The lowest BCUT2D eigenvalue weighted by atomic mass is 10.2. The first-order valence-electron chi connectivity index (χ1n) is 5.91. The summed E-state index contributed by atoms with van der Waals surface area (Å²) in [4.78, 5) is 17.9. The Balaban J connectivity index is 1.94. The van der Waals surface area contributed by atoms with Crippen molar-refractivity contribution < 1.29 is 0 Å². The quantitative estimate of drug-likeness (QED) is 0.735. The summed E-state index contributed by atoms with van der Waals surface area (Å²) in [5.41, 5.74) is 0.751. The van der Waals surface area contributed by atoms with Crippen LogP contribution in [0.3, 0.4) is 0 Å². The van der Waals surface area contributed by atoms with Gasteiger partial charge in [-0.25, -0.2) is 4.98 Å². The summed E-state index contributed by atoms with van der Waals surface area (Å²) in [7, 11) is 0. The lowest BCUT2D eigenvalue weighted by molar-refractivity contribution is 0.667. The molecule has 3 rings (SSSR count). The van der Waals surface area contributed by atoms with Crippen molar-refractivity contribution in [2.75, 3.05) is 0 Å². The van der Waals surface area contributed by atoms with Crippen molar-refractivity contribution >= 4 is 38.2 Å². The van der Waals surface area contributed by atoms with Crippen LogP contribution in [0.25, 0.3) is 10.9 Å². The summed E-state index contributed by atoms with van der Waals surface area (Å²) < 4.78 is 2.61. The molecule has 2 heterocycles. The Morgan fingerprint density at radius 3 is 3.00 bits per heavy atom. The van der Waals surface area contributed by atoms with Crippen molar-refractivity contribution in [2.45, 2.75) is 13.0 Å². The zero-order valence-corrected chi connectivity index (χ0v) is 12.4. The average molecular weight is 335 g/mol. The van der Waals surface area contributed by atoms with E-state index in [9.17, 15) is 4.79 Å². The van der Waals surface area contributed by atoms with E-state index in [1.165, 1.54) is 4.88 Å². The molecule has 3 aromatic rings. The molecule has 0 fully saturated rings. The fourth-order valence-corrected chi connectivity index (χ4v) is 3.02. The van der Waals surface area contributed by atoms with Gasteiger partial charge in [0.2, 0.25) is 0 Å². The van der Waals surface area contributed by atoms with E-state index in [4.69, 9.17) is 0 Å². The van der Waals surface area contributed by atoms with Crippen LogP contribution in [0, 0.1) is 0 Å². The molecule has 0 atom stereocenters. The third kappa shape index (κ3) is 2.62. The summed E-state index contributed by atoms with van der Waals surface area (Å²) in [6, 6.07) is 9.66. The molecule has 0 aliphatic carbocycles. The van der Waals surface area contributed by atoms with Crippen molar-refractivity contribution in [1.29, 1.82) is 0 Å². The first-order valence-corrected chi connectivity index (χ1v) is 7.58. The largest absolute Gasteiger partial charge is 0.298 e. The molecular weight excluding hydrogens is 324 g/mol. The summed E-state index contributed by atoms with van der Waals surface area (Å²) in [6.07, 6.45) is 2.49. The Morgan fingerprint density at radius 2 is 2.21 bits per heavy atom. The van der Waals surface area contributed by atoms with E-state index in [0.29, 0.717) is 11.9 Å². The highest BCUT2D eigenvalue weighted by Crippen LogP contribution is 2.15. The lowest BCUT2D eigenvalue weighted by Crippen LogP contribution is -2.21. The monoisotopic (exact) mass is 334 g/mol. The molecular formula is C14H11BrN2OS. The van der Waals surface area contributed by atoms with E-state index in [1.54, 1.807) is 22.2 Å². The number of aromatic nitrogens is 2. The molecule has 0 N–H and O–H groups in total. The molecule has 2 aromatic heterocycles. The average Bonchev–Trinajstić information content (AvgIpc) is 2.91. The fourth-order valence-electron chi connectivity index (χ4n) is 1.98. The molecule has 96 valence electrons. The minimum atomic E-state index is 0.0223. The number of nitrogens with zero attached hydrogens (tertiary/aromatic N) is 2. The molecule has 0 spiro atoms. The van der Waals surface area contributed by atoms with Crippen molar-refractivity contribution in [1.82, 2.24) is 9.55 Å². The van der Waals surface area contributed by atoms with Gasteiger partial charge >= 0.3 is 0 Å². The minimum absolute atomic E-state index is 0.0223. The lowest BCUT2D eigenvalue weighted by Gasteiger charge is -2.05. The number of fused-ring (bicyclic) bond motifs is 1. The van der Waals surface area contributed by atoms with Crippen molar-refractivity contribution in [3.63, 3.8) is 0 Å². The Bertz CT molecular complexity index is 765. The molecule has 0 radical (unpaired) electrons. The highest BCUT2D eigenvalue weighted by molar-refractivity contribution is 9.10. The minimum Gasteiger partial charge on any atom is -0.298 e. The molecule has 19 heavy (non-hydrogen) atoms. The van der Waals surface area contributed by atoms with Crippen LogP contribution in [-0.2, 0) is 13.0 Å². The van der Waals surface area contributed by atoms with Crippen LogP contribution >= 0.6 is 27.3 Å². The van der Waals surface area contributed by atoms with Gasteiger partial charge in [-0.2, -0.15) is 0 Å². The van der Waals surface area contributed by atoms with Gasteiger partial charge in [0.1, 0.15) is 0 Å². The van der Waals surface area contributed by atoms with E-state index >= 15 is 0 Å². The molecule has 0 saturated heterocycles. The van der Waals surface area contributed by atoms with Gasteiger partial charge in [0.05, 0.1) is 17.2 Å². The molecule has 0 aliphatic heterocycles. The standard InChI is InChI=1S/C14H11BrN2OS/c15-10-3-4-12-13(8-10)16-9-17(14(12)18)6-5-11-2-1-7-19-11/h1-4,7-9H,5-6H2. The molecule has 0 aliphatic rings. The molecule has 0 bridgehead atoms. The van der Waals surface area contributed by atoms with Crippen molar-refractivity contribution in [3.8, 4) is 0 Å². The van der Waals surface area contributed by atoms with Gasteiger partial charge in [-0.05, 0) is 36.1 Å². The first-order chi connectivity index (χ1) is 9.24. The number of aryl methyl sites for hydroxylation is 2. The number of rotatable bonds is 3.